The maximum atomic E-state index is 6.21. The number of benzene rings is 1. The van der Waals surface area contributed by atoms with Crippen LogP contribution >= 0.6 is 0 Å². The van der Waals surface area contributed by atoms with Gasteiger partial charge in [0.25, 0.3) is 0 Å². The quantitative estimate of drug-likeness (QED) is 0.786. The van der Waals surface area contributed by atoms with Gasteiger partial charge in [-0.15, -0.1) is 0 Å². The zero-order valence-electron chi connectivity index (χ0n) is 12.7. The summed E-state index contributed by atoms with van der Waals surface area (Å²) in [5, 5.41) is 6.63. The number of hydrogen-bond acceptors (Lipinski definition) is 6. The number of ether oxygens (including phenoxy) is 1. The Morgan fingerprint density at radius 1 is 1.14 bits per heavy atom. The average molecular weight is 299 g/mol. The first-order valence-corrected chi connectivity index (χ1v) is 7.55. The summed E-state index contributed by atoms with van der Waals surface area (Å²) in [6.07, 6.45) is 6.37. The van der Waals surface area contributed by atoms with Gasteiger partial charge in [0.2, 0.25) is 0 Å². The van der Waals surface area contributed by atoms with Crippen molar-refractivity contribution < 1.29 is 4.74 Å². The van der Waals surface area contributed by atoms with Crippen LogP contribution in [0.4, 0.5) is 23.0 Å². The minimum atomic E-state index is 0.455. The highest BCUT2D eigenvalue weighted by Crippen LogP contribution is 2.32. The molecule has 1 fully saturated rings. The van der Waals surface area contributed by atoms with Crippen LogP contribution in [0.25, 0.3) is 0 Å². The van der Waals surface area contributed by atoms with Crippen LogP contribution in [0.3, 0.4) is 0 Å². The first kappa shape index (κ1) is 14.4. The lowest BCUT2D eigenvalue weighted by Gasteiger charge is -2.17. The number of anilines is 4. The first-order valence-electron chi connectivity index (χ1n) is 7.55. The number of hydrogen-bond donors (Lipinski definition) is 3. The van der Waals surface area contributed by atoms with Crippen molar-refractivity contribution in [1.29, 1.82) is 0 Å². The highest BCUT2D eigenvalue weighted by Gasteiger charge is 2.17. The normalized spacial score (nSPS) is 14.8. The smallest absolute Gasteiger partial charge is 0.159 e. The van der Waals surface area contributed by atoms with Crippen LogP contribution in [0.15, 0.2) is 30.6 Å². The van der Waals surface area contributed by atoms with Gasteiger partial charge in [0.1, 0.15) is 17.8 Å². The molecule has 0 spiro atoms. The van der Waals surface area contributed by atoms with E-state index in [0.29, 0.717) is 23.4 Å². The summed E-state index contributed by atoms with van der Waals surface area (Å²) in [6.45, 7) is 0. The number of para-hydroxylation sites is 2. The summed E-state index contributed by atoms with van der Waals surface area (Å²) in [5.41, 5.74) is 7.56. The molecule has 4 N–H and O–H groups in total. The van der Waals surface area contributed by atoms with Gasteiger partial charge in [0.05, 0.1) is 12.8 Å². The minimum absolute atomic E-state index is 0.455. The Kier molecular flexibility index (Phi) is 4.27. The molecule has 1 aliphatic carbocycles. The van der Waals surface area contributed by atoms with E-state index >= 15 is 0 Å². The van der Waals surface area contributed by atoms with Crippen molar-refractivity contribution >= 4 is 23.0 Å². The third-order valence-electron chi connectivity index (χ3n) is 3.94. The monoisotopic (exact) mass is 299 g/mol. The topological polar surface area (TPSA) is 85.1 Å². The summed E-state index contributed by atoms with van der Waals surface area (Å²) < 4.78 is 5.33. The number of nitrogens with zero attached hydrogens (tertiary/aromatic N) is 2. The Bertz CT molecular complexity index is 640. The second-order valence-electron chi connectivity index (χ2n) is 5.44. The maximum absolute atomic E-state index is 6.21. The van der Waals surface area contributed by atoms with Gasteiger partial charge in [-0.05, 0) is 25.0 Å². The van der Waals surface area contributed by atoms with E-state index < -0.39 is 0 Å². The molecule has 6 nitrogen and oxygen atoms in total. The van der Waals surface area contributed by atoms with Gasteiger partial charge in [-0.2, -0.15) is 0 Å². The van der Waals surface area contributed by atoms with E-state index in [1.165, 1.54) is 32.0 Å². The van der Waals surface area contributed by atoms with Crippen molar-refractivity contribution in [3.63, 3.8) is 0 Å². The molecular formula is C16H21N5O. The highest BCUT2D eigenvalue weighted by atomic mass is 16.5. The Hall–Kier alpha value is -2.50. The van der Waals surface area contributed by atoms with Crippen molar-refractivity contribution in [3.05, 3.63) is 30.6 Å². The van der Waals surface area contributed by atoms with E-state index in [1.54, 1.807) is 7.11 Å². The standard InChI is InChI=1S/C16H21N5O/c1-22-13-9-5-4-8-12(13)21-16-14(17)15(18-10-19-16)20-11-6-2-3-7-11/h4-5,8-11H,2-3,6-7,17H2,1H3,(H2,18,19,20,21). The van der Waals surface area contributed by atoms with Gasteiger partial charge in [-0.3, -0.25) is 0 Å². The second-order valence-corrected chi connectivity index (χ2v) is 5.44. The predicted molar refractivity (Wildman–Crippen MR) is 88.6 cm³/mol. The molecule has 0 atom stereocenters. The van der Waals surface area contributed by atoms with E-state index in [1.807, 2.05) is 24.3 Å². The van der Waals surface area contributed by atoms with Gasteiger partial charge >= 0.3 is 0 Å². The van der Waals surface area contributed by atoms with Gasteiger partial charge < -0.3 is 21.1 Å². The van der Waals surface area contributed by atoms with Gasteiger partial charge in [-0.25, -0.2) is 9.97 Å². The summed E-state index contributed by atoms with van der Waals surface area (Å²) in [5.74, 6) is 2.02. The molecule has 1 aromatic heterocycles. The average Bonchev–Trinajstić information content (AvgIpc) is 3.05. The molecule has 0 bridgehead atoms. The third kappa shape index (κ3) is 3.05. The molecule has 0 amide bonds. The zero-order valence-corrected chi connectivity index (χ0v) is 12.7. The highest BCUT2D eigenvalue weighted by molar-refractivity contribution is 5.79. The number of nitrogen functional groups attached to an aromatic ring is 1. The van der Waals surface area contributed by atoms with Crippen molar-refractivity contribution in [1.82, 2.24) is 9.97 Å². The van der Waals surface area contributed by atoms with Crippen LogP contribution in [0.2, 0.25) is 0 Å². The summed E-state index contributed by atoms with van der Waals surface area (Å²) in [4.78, 5) is 8.51. The molecule has 1 aliphatic rings. The van der Waals surface area contributed by atoms with Crippen LogP contribution in [-0.4, -0.2) is 23.1 Å². The Labute approximate surface area is 130 Å². The van der Waals surface area contributed by atoms with Gasteiger partial charge in [0.15, 0.2) is 11.6 Å². The largest absolute Gasteiger partial charge is 0.495 e. The summed E-state index contributed by atoms with van der Waals surface area (Å²) >= 11 is 0. The fourth-order valence-corrected chi connectivity index (χ4v) is 2.75. The number of aromatic nitrogens is 2. The van der Waals surface area contributed by atoms with E-state index in [4.69, 9.17) is 10.5 Å². The Morgan fingerprint density at radius 3 is 2.64 bits per heavy atom. The molecule has 3 rings (SSSR count). The lowest BCUT2D eigenvalue weighted by molar-refractivity contribution is 0.417. The number of nitrogens with one attached hydrogen (secondary N) is 2. The molecule has 0 radical (unpaired) electrons. The van der Waals surface area contributed by atoms with Crippen molar-refractivity contribution in [3.8, 4) is 5.75 Å². The molecule has 116 valence electrons. The maximum Gasteiger partial charge on any atom is 0.159 e. The summed E-state index contributed by atoms with van der Waals surface area (Å²) in [6, 6.07) is 8.11. The molecule has 22 heavy (non-hydrogen) atoms. The summed E-state index contributed by atoms with van der Waals surface area (Å²) in [7, 11) is 1.64. The van der Waals surface area contributed by atoms with Crippen LogP contribution in [0.1, 0.15) is 25.7 Å². The fourth-order valence-electron chi connectivity index (χ4n) is 2.75. The Morgan fingerprint density at radius 2 is 1.86 bits per heavy atom. The molecular weight excluding hydrogens is 278 g/mol. The number of rotatable bonds is 5. The second kappa shape index (κ2) is 6.51. The fraction of sp³-hybridized carbons (Fsp3) is 0.375. The van der Waals surface area contributed by atoms with E-state index in [-0.39, 0.29) is 0 Å². The van der Waals surface area contributed by atoms with Crippen LogP contribution in [0.5, 0.6) is 5.75 Å². The Balaban J connectivity index is 1.81. The van der Waals surface area contributed by atoms with Gasteiger partial charge in [-0.1, -0.05) is 25.0 Å². The predicted octanol–water partition coefficient (Wildman–Crippen LogP) is 3.17. The lowest BCUT2D eigenvalue weighted by atomic mass is 10.2. The number of nitrogens with two attached hydrogens (primary N) is 1. The first-order chi connectivity index (χ1) is 10.8. The third-order valence-corrected chi connectivity index (χ3v) is 3.94. The molecule has 0 aliphatic heterocycles. The molecule has 0 unspecified atom stereocenters. The molecule has 0 saturated heterocycles. The van der Waals surface area contributed by atoms with E-state index in [9.17, 15) is 0 Å². The molecule has 2 aromatic rings. The molecule has 1 heterocycles. The molecule has 6 heteroatoms. The zero-order chi connectivity index (χ0) is 15.4. The molecule has 1 saturated carbocycles. The minimum Gasteiger partial charge on any atom is -0.495 e. The van der Waals surface area contributed by atoms with Crippen molar-refractivity contribution in [2.75, 3.05) is 23.5 Å². The molecule has 1 aromatic carbocycles. The van der Waals surface area contributed by atoms with E-state index in [0.717, 1.165) is 11.4 Å². The van der Waals surface area contributed by atoms with Crippen LogP contribution in [-0.2, 0) is 0 Å². The SMILES string of the molecule is COc1ccccc1Nc1ncnc(NC2CCCC2)c1N. The van der Waals surface area contributed by atoms with Crippen LogP contribution in [0, 0.1) is 0 Å². The lowest BCUT2D eigenvalue weighted by Crippen LogP contribution is -2.17. The van der Waals surface area contributed by atoms with Gasteiger partial charge in [0, 0.05) is 6.04 Å². The van der Waals surface area contributed by atoms with Crippen LogP contribution < -0.4 is 21.1 Å². The van der Waals surface area contributed by atoms with Crippen molar-refractivity contribution in [2.24, 2.45) is 0 Å². The number of methoxy groups -OCH3 is 1. The van der Waals surface area contributed by atoms with E-state index in [2.05, 4.69) is 20.6 Å². The van der Waals surface area contributed by atoms with Crippen molar-refractivity contribution in [2.45, 2.75) is 31.7 Å².